The van der Waals surface area contributed by atoms with E-state index in [2.05, 4.69) is 26.1 Å². The van der Waals surface area contributed by atoms with Crippen molar-refractivity contribution in [2.45, 2.75) is 0 Å². The van der Waals surface area contributed by atoms with Crippen molar-refractivity contribution in [2.75, 3.05) is 0 Å². The second kappa shape index (κ2) is 2.45. The van der Waals surface area contributed by atoms with Crippen LogP contribution in [0.2, 0.25) is 0 Å². The van der Waals surface area contributed by atoms with E-state index in [0.29, 0.717) is 15.4 Å². The minimum atomic E-state index is -0.437. The lowest BCUT2D eigenvalue weighted by atomic mass is 10.2. The fraction of sp³-hybridized carbons (Fsp3) is 0. The summed E-state index contributed by atoms with van der Waals surface area (Å²) in [6.45, 7) is 0. The number of halogens is 2. The minimum absolute atomic E-state index is 0.309. The van der Waals surface area contributed by atoms with Crippen molar-refractivity contribution in [2.24, 2.45) is 0 Å². The van der Waals surface area contributed by atoms with E-state index in [9.17, 15) is 9.18 Å². The molecule has 0 fully saturated rings. The van der Waals surface area contributed by atoms with Crippen LogP contribution in [0.3, 0.4) is 0 Å². The molecule has 3 nitrogen and oxygen atoms in total. The maximum absolute atomic E-state index is 12.9. The van der Waals surface area contributed by atoms with Crippen LogP contribution < -0.4 is 5.56 Å². The molecule has 2 rings (SSSR count). The molecule has 1 heterocycles. The van der Waals surface area contributed by atoms with Gasteiger partial charge in [0.2, 0.25) is 0 Å². The number of aromatic amines is 2. The first kappa shape index (κ1) is 7.54. The SMILES string of the molecule is O=c1[nH][nH]c2cc(Br)c(F)cc12. The Labute approximate surface area is 74.7 Å². The highest BCUT2D eigenvalue weighted by Crippen LogP contribution is 2.19. The smallest absolute Gasteiger partial charge is 0.271 e. The van der Waals surface area contributed by atoms with Crippen LogP contribution in [-0.4, -0.2) is 10.2 Å². The second-order valence-corrected chi connectivity index (χ2v) is 3.25. The van der Waals surface area contributed by atoms with Crippen LogP contribution in [-0.2, 0) is 0 Å². The maximum Gasteiger partial charge on any atom is 0.271 e. The van der Waals surface area contributed by atoms with Gasteiger partial charge in [0, 0.05) is 0 Å². The summed E-state index contributed by atoms with van der Waals surface area (Å²) in [7, 11) is 0. The Bertz CT molecular complexity index is 488. The molecular formula is C7H4BrFN2O. The van der Waals surface area contributed by atoms with Gasteiger partial charge in [-0.15, -0.1) is 0 Å². The second-order valence-electron chi connectivity index (χ2n) is 2.39. The van der Waals surface area contributed by atoms with Gasteiger partial charge in [-0.05, 0) is 28.1 Å². The van der Waals surface area contributed by atoms with Crippen LogP contribution in [0.4, 0.5) is 4.39 Å². The number of benzene rings is 1. The van der Waals surface area contributed by atoms with Gasteiger partial charge in [-0.25, -0.2) is 4.39 Å². The van der Waals surface area contributed by atoms with Crippen LogP contribution in [0, 0.1) is 5.82 Å². The van der Waals surface area contributed by atoms with Crippen molar-refractivity contribution in [3.63, 3.8) is 0 Å². The monoisotopic (exact) mass is 230 g/mol. The number of rotatable bonds is 0. The molecule has 2 N–H and O–H groups in total. The molecule has 1 aromatic carbocycles. The van der Waals surface area contributed by atoms with Gasteiger partial charge in [0.15, 0.2) is 0 Å². The van der Waals surface area contributed by atoms with Gasteiger partial charge in [0.05, 0.1) is 15.4 Å². The zero-order valence-corrected chi connectivity index (χ0v) is 7.40. The molecule has 62 valence electrons. The number of H-pyrrole nitrogens is 2. The lowest BCUT2D eigenvalue weighted by Crippen LogP contribution is -1.97. The summed E-state index contributed by atoms with van der Waals surface area (Å²) in [6.07, 6.45) is 0. The van der Waals surface area contributed by atoms with E-state index in [1.165, 1.54) is 12.1 Å². The summed E-state index contributed by atoms with van der Waals surface area (Å²) >= 11 is 3.01. The van der Waals surface area contributed by atoms with Crippen molar-refractivity contribution in [3.05, 3.63) is 32.8 Å². The third kappa shape index (κ3) is 0.972. The summed E-state index contributed by atoms with van der Waals surface area (Å²) in [5.41, 5.74) is 0.282. The van der Waals surface area contributed by atoms with Crippen LogP contribution in [0.25, 0.3) is 10.9 Å². The third-order valence-corrected chi connectivity index (χ3v) is 2.22. The Morgan fingerprint density at radius 3 is 2.83 bits per heavy atom. The summed E-state index contributed by atoms with van der Waals surface area (Å²) in [4.78, 5) is 11.0. The molecule has 0 bridgehead atoms. The van der Waals surface area contributed by atoms with Crippen molar-refractivity contribution in [3.8, 4) is 0 Å². The van der Waals surface area contributed by atoms with E-state index in [-0.39, 0.29) is 5.56 Å². The van der Waals surface area contributed by atoms with Gasteiger partial charge in [0.25, 0.3) is 5.56 Å². The lowest BCUT2D eigenvalue weighted by Gasteiger charge is -1.91. The van der Waals surface area contributed by atoms with Crippen molar-refractivity contribution in [1.29, 1.82) is 0 Å². The van der Waals surface area contributed by atoms with Crippen molar-refractivity contribution < 1.29 is 4.39 Å². The normalized spacial score (nSPS) is 10.8. The van der Waals surface area contributed by atoms with Crippen molar-refractivity contribution in [1.82, 2.24) is 10.2 Å². The fourth-order valence-electron chi connectivity index (χ4n) is 1.03. The Balaban J connectivity index is 2.97. The first-order valence-corrected chi connectivity index (χ1v) is 4.03. The summed E-state index contributed by atoms with van der Waals surface area (Å²) in [6, 6.07) is 2.71. The average Bonchev–Trinajstić information content (AvgIpc) is 2.35. The molecule has 0 saturated carbocycles. The minimum Gasteiger partial charge on any atom is -0.297 e. The van der Waals surface area contributed by atoms with Crippen LogP contribution >= 0.6 is 15.9 Å². The zero-order chi connectivity index (χ0) is 8.72. The summed E-state index contributed by atoms with van der Waals surface area (Å²) in [5.74, 6) is -0.437. The largest absolute Gasteiger partial charge is 0.297 e. The molecule has 0 unspecified atom stereocenters. The average molecular weight is 231 g/mol. The van der Waals surface area contributed by atoms with E-state index < -0.39 is 5.82 Å². The molecular weight excluding hydrogens is 227 g/mol. The van der Waals surface area contributed by atoms with E-state index >= 15 is 0 Å². The molecule has 12 heavy (non-hydrogen) atoms. The molecule has 0 aliphatic rings. The number of fused-ring (bicyclic) bond motifs is 1. The van der Waals surface area contributed by atoms with Gasteiger partial charge in [-0.1, -0.05) is 0 Å². The standard InChI is InChI=1S/C7H4BrFN2O/c8-4-2-6-3(1-5(4)9)7(12)11-10-6/h1-2H,(H2,10,11,12). The van der Waals surface area contributed by atoms with Gasteiger partial charge < -0.3 is 0 Å². The van der Waals surface area contributed by atoms with E-state index in [1.54, 1.807) is 0 Å². The Hall–Kier alpha value is -1.10. The molecule has 0 spiro atoms. The number of hydrogen-bond donors (Lipinski definition) is 2. The lowest BCUT2D eigenvalue weighted by molar-refractivity contribution is 0.623. The number of hydrogen-bond acceptors (Lipinski definition) is 1. The molecule has 0 atom stereocenters. The Morgan fingerprint density at radius 2 is 2.08 bits per heavy atom. The van der Waals surface area contributed by atoms with Gasteiger partial charge >= 0.3 is 0 Å². The van der Waals surface area contributed by atoms with E-state index in [1.807, 2.05) is 0 Å². The predicted octanol–water partition coefficient (Wildman–Crippen LogP) is 1.76. The molecule has 5 heteroatoms. The predicted molar refractivity (Wildman–Crippen MR) is 46.6 cm³/mol. The molecule has 0 saturated heterocycles. The van der Waals surface area contributed by atoms with Gasteiger partial charge in [-0.3, -0.25) is 15.0 Å². The van der Waals surface area contributed by atoms with E-state index in [0.717, 1.165) is 0 Å². The molecule has 0 radical (unpaired) electrons. The Morgan fingerprint density at radius 1 is 1.33 bits per heavy atom. The van der Waals surface area contributed by atoms with E-state index in [4.69, 9.17) is 0 Å². The van der Waals surface area contributed by atoms with Gasteiger partial charge in [0.1, 0.15) is 5.82 Å². The molecule has 1 aromatic heterocycles. The molecule has 0 aliphatic heterocycles. The summed E-state index contributed by atoms with van der Waals surface area (Å²) < 4.78 is 13.2. The number of nitrogens with one attached hydrogen (secondary N) is 2. The summed E-state index contributed by atoms with van der Waals surface area (Å²) in [5, 5.41) is 5.31. The van der Waals surface area contributed by atoms with Crippen LogP contribution in [0.15, 0.2) is 21.4 Å². The first-order valence-electron chi connectivity index (χ1n) is 3.24. The van der Waals surface area contributed by atoms with Crippen LogP contribution in [0.1, 0.15) is 0 Å². The molecule has 0 aliphatic carbocycles. The molecule has 2 aromatic rings. The highest BCUT2D eigenvalue weighted by atomic mass is 79.9. The first-order chi connectivity index (χ1) is 5.68. The Kier molecular flexibility index (Phi) is 1.54. The maximum atomic E-state index is 12.9. The fourth-order valence-corrected chi connectivity index (χ4v) is 1.37. The quantitative estimate of drug-likeness (QED) is 0.712. The van der Waals surface area contributed by atoms with Gasteiger partial charge in [-0.2, -0.15) is 0 Å². The number of aromatic nitrogens is 2. The topological polar surface area (TPSA) is 48.6 Å². The highest BCUT2D eigenvalue weighted by molar-refractivity contribution is 9.10. The van der Waals surface area contributed by atoms with Crippen molar-refractivity contribution >= 4 is 26.8 Å². The molecule has 0 amide bonds. The van der Waals surface area contributed by atoms with Crippen LogP contribution in [0.5, 0.6) is 0 Å². The zero-order valence-electron chi connectivity index (χ0n) is 5.82. The third-order valence-electron chi connectivity index (χ3n) is 1.62. The highest BCUT2D eigenvalue weighted by Gasteiger charge is 2.05.